The molecule has 1 aromatic carbocycles. The number of fused-ring (bicyclic) bond motifs is 1. The summed E-state index contributed by atoms with van der Waals surface area (Å²) in [5, 5.41) is 10.3. The van der Waals surface area contributed by atoms with Crippen LogP contribution in [0.2, 0.25) is 0 Å². The summed E-state index contributed by atoms with van der Waals surface area (Å²) in [6.07, 6.45) is -0.644. The third kappa shape index (κ3) is 3.34. The van der Waals surface area contributed by atoms with E-state index in [4.69, 9.17) is 15.2 Å². The highest BCUT2D eigenvalue weighted by atomic mass is 79.9. The van der Waals surface area contributed by atoms with Crippen molar-refractivity contribution in [3.63, 3.8) is 0 Å². The first-order valence-corrected chi connectivity index (χ1v) is 6.62. The van der Waals surface area contributed by atoms with Crippen LogP contribution in [0.3, 0.4) is 0 Å². The van der Waals surface area contributed by atoms with Crippen molar-refractivity contribution in [2.24, 2.45) is 11.1 Å². The Hall–Kier alpha value is -0.490. The molecule has 0 aliphatic carbocycles. The van der Waals surface area contributed by atoms with Gasteiger partial charge in [-0.25, -0.2) is 0 Å². The highest BCUT2D eigenvalue weighted by Crippen LogP contribution is 2.40. The van der Waals surface area contributed by atoms with Crippen LogP contribution < -0.4 is 15.2 Å². The van der Waals surface area contributed by atoms with Gasteiger partial charge in [0.15, 0.2) is 11.5 Å². The molecule has 4 nitrogen and oxygen atoms in total. The molecule has 2 atom stereocenters. The molecule has 0 saturated heterocycles. The van der Waals surface area contributed by atoms with Crippen LogP contribution in [0.4, 0.5) is 0 Å². The van der Waals surface area contributed by atoms with E-state index in [9.17, 15) is 5.11 Å². The normalized spacial score (nSPS) is 16.7. The molecule has 0 radical (unpaired) electrons. The Morgan fingerprint density at radius 1 is 1.26 bits per heavy atom. The second kappa shape index (κ2) is 5.87. The summed E-state index contributed by atoms with van der Waals surface area (Å²) in [6.45, 7) is 6.09. The van der Waals surface area contributed by atoms with E-state index in [2.05, 4.69) is 15.9 Å². The predicted octanol–water partition coefficient (Wildman–Crippen LogP) is 3.01. The zero-order chi connectivity index (χ0) is 13.5. The number of aliphatic hydroxyl groups excluding tert-OH is 1. The van der Waals surface area contributed by atoms with E-state index >= 15 is 0 Å². The van der Waals surface area contributed by atoms with Crippen molar-refractivity contribution >= 4 is 28.3 Å². The number of aliphatic hydroxyl groups is 1. The summed E-state index contributed by atoms with van der Waals surface area (Å²) in [5.74, 6) is 1.37. The molecule has 0 saturated carbocycles. The van der Waals surface area contributed by atoms with Crippen molar-refractivity contribution < 1.29 is 14.6 Å². The second-order valence-electron chi connectivity index (χ2n) is 5.56. The van der Waals surface area contributed by atoms with Gasteiger partial charge in [0.1, 0.15) is 0 Å². The van der Waals surface area contributed by atoms with Crippen LogP contribution in [-0.4, -0.2) is 18.0 Å². The number of halogens is 2. The van der Waals surface area contributed by atoms with Crippen molar-refractivity contribution in [2.45, 2.75) is 32.9 Å². The van der Waals surface area contributed by atoms with Gasteiger partial charge >= 0.3 is 0 Å². The number of hydrogen-bond donors (Lipinski definition) is 2. The zero-order valence-corrected chi connectivity index (χ0v) is 13.5. The Balaban J connectivity index is 0.00000180. The lowest BCUT2D eigenvalue weighted by Crippen LogP contribution is -2.37. The van der Waals surface area contributed by atoms with Gasteiger partial charge in [0, 0.05) is 4.47 Å². The van der Waals surface area contributed by atoms with Crippen LogP contribution in [0.25, 0.3) is 0 Å². The molecule has 0 fully saturated rings. The minimum Gasteiger partial charge on any atom is -0.454 e. The minimum absolute atomic E-state index is 0. The monoisotopic (exact) mass is 351 g/mol. The van der Waals surface area contributed by atoms with Gasteiger partial charge in [-0.15, -0.1) is 12.4 Å². The molecule has 3 N–H and O–H groups in total. The molecule has 0 aromatic heterocycles. The van der Waals surface area contributed by atoms with Gasteiger partial charge in [-0.05, 0) is 23.1 Å². The lowest BCUT2D eigenvalue weighted by molar-refractivity contribution is 0.0399. The van der Waals surface area contributed by atoms with Crippen molar-refractivity contribution in [3.8, 4) is 11.5 Å². The Morgan fingerprint density at radius 3 is 2.32 bits per heavy atom. The smallest absolute Gasteiger partial charge is 0.231 e. The molecule has 108 valence electrons. The standard InChI is InChI=1S/C13H18BrNO3.ClH/c1-13(2,3)12(16)11(15)7-4-9-10(5-8(7)14)18-6-17-9;/h4-5,11-12,16H,6,15H2,1-3H3;1H/t11-,12-;/m0./s1. The van der Waals surface area contributed by atoms with E-state index in [1.165, 1.54) is 0 Å². The Bertz CT molecular complexity index is 462. The zero-order valence-electron chi connectivity index (χ0n) is 11.1. The van der Waals surface area contributed by atoms with E-state index in [0.717, 1.165) is 10.0 Å². The Morgan fingerprint density at radius 2 is 1.79 bits per heavy atom. The van der Waals surface area contributed by atoms with Gasteiger partial charge in [-0.2, -0.15) is 0 Å². The summed E-state index contributed by atoms with van der Waals surface area (Å²) < 4.78 is 11.4. The van der Waals surface area contributed by atoms with Gasteiger partial charge in [0.05, 0.1) is 12.1 Å². The van der Waals surface area contributed by atoms with E-state index in [0.29, 0.717) is 11.5 Å². The Labute approximate surface area is 127 Å². The maximum atomic E-state index is 10.3. The lowest BCUT2D eigenvalue weighted by atomic mass is 9.82. The number of benzene rings is 1. The van der Waals surface area contributed by atoms with Gasteiger partial charge < -0.3 is 20.3 Å². The highest BCUT2D eigenvalue weighted by Gasteiger charge is 2.31. The van der Waals surface area contributed by atoms with Crippen molar-refractivity contribution in [3.05, 3.63) is 22.2 Å². The summed E-state index contributed by atoms with van der Waals surface area (Å²) in [6, 6.07) is 3.17. The molecule has 1 heterocycles. The van der Waals surface area contributed by atoms with Crippen molar-refractivity contribution in [1.29, 1.82) is 0 Å². The van der Waals surface area contributed by atoms with Crippen LogP contribution in [0.5, 0.6) is 11.5 Å². The SMILES string of the molecule is CC(C)(C)[C@@H](O)[C@@H](N)c1cc2c(cc1Br)OCO2.Cl. The fourth-order valence-corrected chi connectivity index (χ4v) is 2.48. The molecular weight excluding hydrogens is 334 g/mol. The number of rotatable bonds is 2. The average Bonchev–Trinajstić information content (AvgIpc) is 2.71. The van der Waals surface area contributed by atoms with Crippen LogP contribution >= 0.6 is 28.3 Å². The Kier molecular flexibility index (Phi) is 5.12. The second-order valence-corrected chi connectivity index (χ2v) is 6.42. The third-order valence-corrected chi connectivity index (χ3v) is 3.77. The number of ether oxygens (including phenoxy) is 2. The summed E-state index contributed by atoms with van der Waals surface area (Å²) in [7, 11) is 0. The molecule has 6 heteroatoms. The van der Waals surface area contributed by atoms with Crippen LogP contribution in [-0.2, 0) is 0 Å². The van der Waals surface area contributed by atoms with Crippen molar-refractivity contribution in [2.75, 3.05) is 6.79 Å². The predicted molar refractivity (Wildman–Crippen MR) is 79.9 cm³/mol. The molecule has 1 aromatic rings. The summed E-state index contributed by atoms with van der Waals surface area (Å²) in [4.78, 5) is 0. The maximum absolute atomic E-state index is 10.3. The van der Waals surface area contributed by atoms with Crippen molar-refractivity contribution in [1.82, 2.24) is 0 Å². The third-order valence-electron chi connectivity index (χ3n) is 3.08. The van der Waals surface area contributed by atoms with Gasteiger partial charge in [0.25, 0.3) is 0 Å². The molecule has 1 aliphatic heterocycles. The number of nitrogens with two attached hydrogens (primary N) is 1. The van der Waals surface area contributed by atoms with Crippen LogP contribution in [0.1, 0.15) is 32.4 Å². The van der Waals surface area contributed by atoms with E-state index < -0.39 is 12.1 Å². The summed E-state index contributed by atoms with van der Waals surface area (Å²) in [5.41, 5.74) is 6.68. The molecule has 0 spiro atoms. The first-order chi connectivity index (χ1) is 8.30. The first kappa shape index (κ1) is 16.6. The van der Waals surface area contributed by atoms with Gasteiger partial charge in [0.2, 0.25) is 6.79 Å². The molecule has 0 bridgehead atoms. The molecule has 2 rings (SSSR count). The van der Waals surface area contributed by atoms with Gasteiger partial charge in [-0.1, -0.05) is 36.7 Å². The lowest BCUT2D eigenvalue weighted by Gasteiger charge is -2.31. The largest absolute Gasteiger partial charge is 0.454 e. The highest BCUT2D eigenvalue weighted by molar-refractivity contribution is 9.10. The number of hydrogen-bond acceptors (Lipinski definition) is 4. The fraction of sp³-hybridized carbons (Fsp3) is 0.538. The molecule has 1 aliphatic rings. The molecule has 0 unspecified atom stereocenters. The summed E-state index contributed by atoms with van der Waals surface area (Å²) >= 11 is 3.46. The van der Waals surface area contributed by atoms with E-state index in [1.54, 1.807) is 0 Å². The van der Waals surface area contributed by atoms with Gasteiger partial charge in [-0.3, -0.25) is 0 Å². The first-order valence-electron chi connectivity index (χ1n) is 5.83. The van der Waals surface area contributed by atoms with Crippen LogP contribution in [0, 0.1) is 5.41 Å². The molecular formula is C13H19BrClNO3. The fourth-order valence-electron chi connectivity index (χ4n) is 1.90. The average molecular weight is 353 g/mol. The topological polar surface area (TPSA) is 64.7 Å². The van der Waals surface area contributed by atoms with E-state index in [1.807, 2.05) is 32.9 Å². The molecule has 0 amide bonds. The molecule has 19 heavy (non-hydrogen) atoms. The quantitative estimate of drug-likeness (QED) is 0.859. The maximum Gasteiger partial charge on any atom is 0.231 e. The minimum atomic E-state index is -0.644. The van der Waals surface area contributed by atoms with E-state index in [-0.39, 0.29) is 24.6 Å². The van der Waals surface area contributed by atoms with Crippen LogP contribution in [0.15, 0.2) is 16.6 Å².